The van der Waals surface area contributed by atoms with Crippen LogP contribution in [0.25, 0.3) is 0 Å². The van der Waals surface area contributed by atoms with Crippen LogP contribution in [0.3, 0.4) is 0 Å². The van der Waals surface area contributed by atoms with Gasteiger partial charge in [0.15, 0.2) is 0 Å². The lowest BCUT2D eigenvalue weighted by molar-refractivity contribution is 0.0854. The van der Waals surface area contributed by atoms with Crippen LogP contribution in [-0.4, -0.2) is 32.3 Å². The van der Waals surface area contributed by atoms with E-state index in [4.69, 9.17) is 16.3 Å². The maximum absolute atomic E-state index is 6.46. The summed E-state index contributed by atoms with van der Waals surface area (Å²) in [5.74, 6) is 0. The van der Waals surface area contributed by atoms with E-state index in [1.165, 1.54) is 5.56 Å². The normalized spacial score (nSPS) is 16.6. The Morgan fingerprint density at radius 1 is 1.35 bits per heavy atom. The molecule has 1 saturated heterocycles. The topological polar surface area (TPSA) is 24.5 Å². The van der Waals surface area contributed by atoms with Gasteiger partial charge in [0.25, 0.3) is 0 Å². The van der Waals surface area contributed by atoms with Crippen LogP contribution in [0, 0.1) is 0 Å². The Labute approximate surface area is 127 Å². The molecule has 0 saturated carbocycles. The molecule has 1 heterocycles. The van der Waals surface area contributed by atoms with Crippen LogP contribution in [0.4, 0.5) is 5.69 Å². The van der Waals surface area contributed by atoms with Crippen LogP contribution in [-0.2, 0) is 11.3 Å². The average Bonchev–Trinajstić information content (AvgIpc) is 2.45. The Morgan fingerprint density at radius 3 is 2.70 bits per heavy atom. The number of nitrogens with zero attached hydrogens (tertiary/aromatic N) is 1. The van der Waals surface area contributed by atoms with Gasteiger partial charge in [0, 0.05) is 38.9 Å². The maximum Gasteiger partial charge on any atom is 0.0642 e. The van der Waals surface area contributed by atoms with E-state index in [1.54, 1.807) is 0 Å². The highest BCUT2D eigenvalue weighted by molar-refractivity contribution is 6.33. The first-order chi connectivity index (χ1) is 9.59. The number of para-hydroxylation sites is 1. The van der Waals surface area contributed by atoms with Gasteiger partial charge in [0.2, 0.25) is 0 Å². The SMILES string of the molecule is CC(C)NCc1cccc(Cl)c1N(C)C1CCOCC1. The predicted molar refractivity (Wildman–Crippen MR) is 85.7 cm³/mol. The first kappa shape index (κ1) is 15.6. The fourth-order valence-corrected chi connectivity index (χ4v) is 2.99. The predicted octanol–water partition coefficient (Wildman–Crippen LogP) is 3.45. The molecule has 1 N–H and O–H groups in total. The van der Waals surface area contributed by atoms with Gasteiger partial charge in [-0.1, -0.05) is 37.6 Å². The van der Waals surface area contributed by atoms with Crippen molar-refractivity contribution < 1.29 is 4.74 Å². The summed E-state index contributed by atoms with van der Waals surface area (Å²) in [5, 5.41) is 4.31. The molecule has 0 bridgehead atoms. The summed E-state index contributed by atoms with van der Waals surface area (Å²) in [6, 6.07) is 7.15. The number of ether oxygens (including phenoxy) is 1. The first-order valence-electron chi connectivity index (χ1n) is 7.41. The third-order valence-corrected chi connectivity index (χ3v) is 4.17. The zero-order chi connectivity index (χ0) is 14.5. The van der Waals surface area contributed by atoms with E-state index in [9.17, 15) is 0 Å². The Bertz CT molecular complexity index is 430. The van der Waals surface area contributed by atoms with Crippen molar-refractivity contribution in [2.45, 2.75) is 45.3 Å². The molecule has 2 rings (SSSR count). The smallest absolute Gasteiger partial charge is 0.0642 e. The monoisotopic (exact) mass is 296 g/mol. The van der Waals surface area contributed by atoms with E-state index in [0.717, 1.165) is 43.3 Å². The Hall–Kier alpha value is -0.770. The molecular formula is C16H25ClN2O. The molecule has 1 aromatic rings. The molecule has 20 heavy (non-hydrogen) atoms. The van der Waals surface area contributed by atoms with Crippen LogP contribution in [0.5, 0.6) is 0 Å². The minimum atomic E-state index is 0.468. The number of hydrogen-bond acceptors (Lipinski definition) is 3. The molecule has 0 amide bonds. The number of rotatable bonds is 5. The van der Waals surface area contributed by atoms with E-state index >= 15 is 0 Å². The zero-order valence-electron chi connectivity index (χ0n) is 12.7. The van der Waals surface area contributed by atoms with Gasteiger partial charge in [-0.05, 0) is 24.5 Å². The van der Waals surface area contributed by atoms with E-state index in [2.05, 4.69) is 37.2 Å². The molecule has 0 aromatic heterocycles. The number of halogens is 1. The molecule has 0 radical (unpaired) electrons. The minimum Gasteiger partial charge on any atom is -0.381 e. The molecular weight excluding hydrogens is 272 g/mol. The number of anilines is 1. The van der Waals surface area contributed by atoms with E-state index < -0.39 is 0 Å². The molecule has 0 spiro atoms. The maximum atomic E-state index is 6.46. The van der Waals surface area contributed by atoms with Crippen LogP contribution in [0.1, 0.15) is 32.3 Å². The molecule has 1 aliphatic heterocycles. The quantitative estimate of drug-likeness (QED) is 0.901. The van der Waals surface area contributed by atoms with Crippen LogP contribution in [0.15, 0.2) is 18.2 Å². The number of hydrogen-bond donors (Lipinski definition) is 1. The highest BCUT2D eigenvalue weighted by atomic mass is 35.5. The van der Waals surface area contributed by atoms with Crippen molar-refractivity contribution in [1.29, 1.82) is 0 Å². The first-order valence-corrected chi connectivity index (χ1v) is 7.78. The van der Waals surface area contributed by atoms with Gasteiger partial charge < -0.3 is 15.0 Å². The molecule has 1 fully saturated rings. The molecule has 0 atom stereocenters. The van der Waals surface area contributed by atoms with Crippen molar-refractivity contribution in [3.63, 3.8) is 0 Å². The summed E-state index contributed by atoms with van der Waals surface area (Å²) in [7, 11) is 2.15. The molecule has 4 heteroatoms. The molecule has 112 valence electrons. The lowest BCUT2D eigenvalue weighted by atomic mass is 10.0. The van der Waals surface area contributed by atoms with Crippen molar-refractivity contribution >= 4 is 17.3 Å². The number of benzene rings is 1. The van der Waals surface area contributed by atoms with Crippen molar-refractivity contribution in [2.75, 3.05) is 25.2 Å². The van der Waals surface area contributed by atoms with Gasteiger partial charge in [-0.25, -0.2) is 0 Å². The van der Waals surface area contributed by atoms with Crippen molar-refractivity contribution in [2.24, 2.45) is 0 Å². The second-order valence-electron chi connectivity index (χ2n) is 5.74. The van der Waals surface area contributed by atoms with Crippen molar-refractivity contribution in [1.82, 2.24) is 5.32 Å². The second-order valence-corrected chi connectivity index (χ2v) is 6.14. The van der Waals surface area contributed by atoms with E-state index in [1.807, 2.05) is 12.1 Å². The molecule has 3 nitrogen and oxygen atoms in total. The molecule has 0 unspecified atom stereocenters. The minimum absolute atomic E-state index is 0.468. The third kappa shape index (κ3) is 3.87. The van der Waals surface area contributed by atoms with Crippen molar-refractivity contribution in [3.8, 4) is 0 Å². The molecule has 0 aliphatic carbocycles. The largest absolute Gasteiger partial charge is 0.381 e. The van der Waals surface area contributed by atoms with E-state index in [0.29, 0.717) is 12.1 Å². The summed E-state index contributed by atoms with van der Waals surface area (Å²) in [6.07, 6.45) is 2.14. The van der Waals surface area contributed by atoms with Gasteiger partial charge in [0.05, 0.1) is 10.7 Å². The summed E-state index contributed by atoms with van der Waals surface area (Å²) < 4.78 is 5.45. The van der Waals surface area contributed by atoms with Crippen LogP contribution >= 0.6 is 11.6 Å². The summed E-state index contributed by atoms with van der Waals surface area (Å²) in [4.78, 5) is 2.34. The fraction of sp³-hybridized carbons (Fsp3) is 0.625. The van der Waals surface area contributed by atoms with Crippen LogP contribution < -0.4 is 10.2 Å². The van der Waals surface area contributed by atoms with Gasteiger partial charge >= 0.3 is 0 Å². The Kier molecular flexibility index (Phi) is 5.70. The number of nitrogens with one attached hydrogen (secondary N) is 1. The lowest BCUT2D eigenvalue weighted by Crippen LogP contribution is -2.37. The Balaban J connectivity index is 2.19. The molecule has 1 aliphatic rings. The second kappa shape index (κ2) is 7.30. The third-order valence-electron chi connectivity index (χ3n) is 3.86. The standard InChI is InChI=1S/C16H25ClN2O/c1-12(2)18-11-13-5-4-6-15(17)16(13)19(3)14-7-9-20-10-8-14/h4-6,12,14,18H,7-11H2,1-3H3. The van der Waals surface area contributed by atoms with E-state index in [-0.39, 0.29) is 0 Å². The van der Waals surface area contributed by atoms with Gasteiger partial charge in [0.1, 0.15) is 0 Å². The summed E-state index contributed by atoms with van der Waals surface area (Å²) in [6.45, 7) is 6.86. The summed E-state index contributed by atoms with van der Waals surface area (Å²) in [5.41, 5.74) is 2.43. The summed E-state index contributed by atoms with van der Waals surface area (Å²) >= 11 is 6.46. The van der Waals surface area contributed by atoms with Gasteiger partial charge in [-0.15, -0.1) is 0 Å². The highest BCUT2D eigenvalue weighted by Crippen LogP contribution is 2.32. The zero-order valence-corrected chi connectivity index (χ0v) is 13.4. The van der Waals surface area contributed by atoms with Gasteiger partial charge in [-0.2, -0.15) is 0 Å². The highest BCUT2D eigenvalue weighted by Gasteiger charge is 2.22. The van der Waals surface area contributed by atoms with Crippen molar-refractivity contribution in [3.05, 3.63) is 28.8 Å². The fourth-order valence-electron chi connectivity index (χ4n) is 2.67. The average molecular weight is 297 g/mol. The van der Waals surface area contributed by atoms with Gasteiger partial charge in [-0.3, -0.25) is 0 Å². The Morgan fingerprint density at radius 2 is 2.05 bits per heavy atom. The van der Waals surface area contributed by atoms with Crippen LogP contribution in [0.2, 0.25) is 5.02 Å². The molecule has 1 aromatic carbocycles. The lowest BCUT2D eigenvalue weighted by Gasteiger charge is -2.35.